The Balaban J connectivity index is 2.18. The third-order valence-electron chi connectivity index (χ3n) is 3.31. The number of nitriles is 1. The molecule has 3 heteroatoms. The average molecular weight is 218 g/mol. The average Bonchev–Trinajstić information content (AvgIpc) is 2.31. The Hall–Kier alpha value is -1.40. The Morgan fingerprint density at radius 2 is 2.06 bits per heavy atom. The molecule has 0 unspecified atom stereocenters. The number of rotatable bonds is 1. The molecule has 0 radical (unpaired) electrons. The molecular formula is C13H15FN2. The number of benzene rings is 1. The second kappa shape index (κ2) is 4.63. The SMILES string of the molecule is CN1CC[C@@H](C#N)C[C@H]1c1ccc(F)cc1. The summed E-state index contributed by atoms with van der Waals surface area (Å²) in [5, 5.41) is 8.96. The first kappa shape index (κ1) is 11.1. The van der Waals surface area contributed by atoms with Crippen LogP contribution in [0.25, 0.3) is 0 Å². The molecular weight excluding hydrogens is 203 g/mol. The summed E-state index contributed by atoms with van der Waals surface area (Å²) < 4.78 is 12.8. The van der Waals surface area contributed by atoms with Crippen LogP contribution in [-0.2, 0) is 0 Å². The quantitative estimate of drug-likeness (QED) is 0.724. The minimum atomic E-state index is -0.209. The van der Waals surface area contributed by atoms with Gasteiger partial charge in [-0.25, -0.2) is 4.39 Å². The van der Waals surface area contributed by atoms with Crippen LogP contribution in [0.5, 0.6) is 0 Å². The molecule has 16 heavy (non-hydrogen) atoms. The molecule has 1 saturated heterocycles. The van der Waals surface area contributed by atoms with E-state index in [0.717, 1.165) is 24.9 Å². The van der Waals surface area contributed by atoms with Gasteiger partial charge in [0, 0.05) is 12.0 Å². The molecule has 1 heterocycles. The van der Waals surface area contributed by atoms with E-state index in [2.05, 4.69) is 18.0 Å². The lowest BCUT2D eigenvalue weighted by Gasteiger charge is -2.35. The summed E-state index contributed by atoms with van der Waals surface area (Å²) in [5.41, 5.74) is 1.10. The highest BCUT2D eigenvalue weighted by molar-refractivity contribution is 5.21. The molecule has 0 N–H and O–H groups in total. The first-order chi connectivity index (χ1) is 7.70. The van der Waals surface area contributed by atoms with E-state index in [1.165, 1.54) is 12.1 Å². The lowest BCUT2D eigenvalue weighted by atomic mass is 9.88. The molecule has 1 aliphatic heterocycles. The van der Waals surface area contributed by atoms with Crippen LogP contribution in [0.4, 0.5) is 4.39 Å². The fourth-order valence-electron chi connectivity index (χ4n) is 2.28. The Morgan fingerprint density at radius 1 is 1.38 bits per heavy atom. The van der Waals surface area contributed by atoms with Crippen molar-refractivity contribution in [3.63, 3.8) is 0 Å². The minimum Gasteiger partial charge on any atom is -0.299 e. The molecule has 0 saturated carbocycles. The lowest BCUT2D eigenvalue weighted by molar-refractivity contribution is 0.163. The largest absolute Gasteiger partial charge is 0.299 e. The maximum Gasteiger partial charge on any atom is 0.123 e. The van der Waals surface area contributed by atoms with Gasteiger partial charge in [-0.15, -0.1) is 0 Å². The van der Waals surface area contributed by atoms with E-state index in [4.69, 9.17) is 5.26 Å². The van der Waals surface area contributed by atoms with Crippen molar-refractivity contribution < 1.29 is 4.39 Å². The van der Waals surface area contributed by atoms with Crippen LogP contribution in [0, 0.1) is 23.1 Å². The normalized spacial score (nSPS) is 26.3. The van der Waals surface area contributed by atoms with Crippen molar-refractivity contribution in [1.82, 2.24) is 4.90 Å². The van der Waals surface area contributed by atoms with Crippen LogP contribution in [0.1, 0.15) is 24.4 Å². The van der Waals surface area contributed by atoms with Crippen LogP contribution in [0.15, 0.2) is 24.3 Å². The molecule has 84 valence electrons. The second-order valence-corrected chi connectivity index (χ2v) is 4.40. The minimum absolute atomic E-state index is 0.131. The van der Waals surface area contributed by atoms with E-state index < -0.39 is 0 Å². The van der Waals surface area contributed by atoms with Gasteiger partial charge in [-0.3, -0.25) is 4.90 Å². The van der Waals surface area contributed by atoms with Gasteiger partial charge in [0.1, 0.15) is 5.82 Å². The third-order valence-corrected chi connectivity index (χ3v) is 3.31. The predicted octanol–water partition coefficient (Wildman–Crippen LogP) is 2.73. The molecule has 1 aromatic carbocycles. The molecule has 0 bridgehead atoms. The molecule has 2 nitrogen and oxygen atoms in total. The van der Waals surface area contributed by atoms with Gasteiger partial charge in [0.15, 0.2) is 0 Å². The van der Waals surface area contributed by atoms with Crippen molar-refractivity contribution in [3.05, 3.63) is 35.6 Å². The molecule has 2 atom stereocenters. The van der Waals surface area contributed by atoms with Crippen molar-refractivity contribution in [3.8, 4) is 6.07 Å². The fourth-order valence-corrected chi connectivity index (χ4v) is 2.28. The van der Waals surface area contributed by atoms with Gasteiger partial charge in [-0.05, 0) is 44.1 Å². The summed E-state index contributed by atoms with van der Waals surface area (Å²) in [7, 11) is 2.06. The van der Waals surface area contributed by atoms with Crippen LogP contribution in [-0.4, -0.2) is 18.5 Å². The number of hydrogen-bond donors (Lipinski definition) is 0. The molecule has 1 aliphatic rings. The number of likely N-dealkylation sites (tertiary alicyclic amines) is 1. The number of piperidine rings is 1. The monoisotopic (exact) mass is 218 g/mol. The summed E-state index contributed by atoms with van der Waals surface area (Å²) in [4.78, 5) is 2.24. The first-order valence-corrected chi connectivity index (χ1v) is 5.56. The standard InChI is InChI=1S/C13H15FN2/c1-16-7-6-10(9-15)8-13(16)11-2-4-12(14)5-3-11/h2-5,10,13H,6-8H2,1H3/t10-,13+/m1/s1. The van der Waals surface area contributed by atoms with E-state index in [1.807, 2.05) is 12.1 Å². The topological polar surface area (TPSA) is 27.0 Å². The van der Waals surface area contributed by atoms with Crippen LogP contribution in [0.2, 0.25) is 0 Å². The second-order valence-electron chi connectivity index (χ2n) is 4.40. The summed E-state index contributed by atoms with van der Waals surface area (Å²) in [5.74, 6) is -0.0784. The van der Waals surface area contributed by atoms with E-state index in [0.29, 0.717) is 0 Å². The van der Waals surface area contributed by atoms with Gasteiger partial charge >= 0.3 is 0 Å². The summed E-state index contributed by atoms with van der Waals surface area (Å²) in [6, 6.07) is 9.19. The number of halogens is 1. The fraction of sp³-hybridized carbons (Fsp3) is 0.462. The highest BCUT2D eigenvalue weighted by atomic mass is 19.1. The van der Waals surface area contributed by atoms with Crippen molar-refractivity contribution in [2.45, 2.75) is 18.9 Å². The van der Waals surface area contributed by atoms with Gasteiger partial charge in [0.25, 0.3) is 0 Å². The van der Waals surface area contributed by atoms with Crippen LogP contribution in [0.3, 0.4) is 0 Å². The zero-order valence-electron chi connectivity index (χ0n) is 9.36. The van der Waals surface area contributed by atoms with Gasteiger partial charge in [0.05, 0.1) is 6.07 Å². The Bertz CT molecular complexity index is 393. The smallest absolute Gasteiger partial charge is 0.123 e. The van der Waals surface area contributed by atoms with Crippen molar-refractivity contribution in [1.29, 1.82) is 5.26 Å². The predicted molar refractivity (Wildman–Crippen MR) is 60.1 cm³/mol. The summed E-state index contributed by atoms with van der Waals surface area (Å²) >= 11 is 0. The van der Waals surface area contributed by atoms with Gasteiger partial charge in [0.2, 0.25) is 0 Å². The van der Waals surface area contributed by atoms with Crippen LogP contribution < -0.4 is 0 Å². The molecule has 0 amide bonds. The molecule has 0 aromatic heterocycles. The van der Waals surface area contributed by atoms with Gasteiger partial charge < -0.3 is 0 Å². The van der Waals surface area contributed by atoms with Gasteiger partial charge in [-0.2, -0.15) is 5.26 Å². The van der Waals surface area contributed by atoms with Crippen molar-refractivity contribution >= 4 is 0 Å². The van der Waals surface area contributed by atoms with Crippen molar-refractivity contribution in [2.75, 3.05) is 13.6 Å². The van der Waals surface area contributed by atoms with Crippen molar-refractivity contribution in [2.24, 2.45) is 5.92 Å². The summed E-state index contributed by atoms with van der Waals surface area (Å²) in [6.45, 7) is 0.931. The molecule has 2 rings (SSSR count). The van der Waals surface area contributed by atoms with E-state index >= 15 is 0 Å². The Morgan fingerprint density at radius 3 is 2.69 bits per heavy atom. The molecule has 0 aliphatic carbocycles. The van der Waals surface area contributed by atoms with E-state index in [1.54, 1.807) is 0 Å². The molecule has 0 spiro atoms. The number of nitrogens with zero attached hydrogens (tertiary/aromatic N) is 2. The summed E-state index contributed by atoms with van der Waals surface area (Å²) in [6.07, 6.45) is 1.78. The van der Waals surface area contributed by atoms with E-state index in [-0.39, 0.29) is 17.8 Å². The first-order valence-electron chi connectivity index (χ1n) is 5.56. The van der Waals surface area contributed by atoms with E-state index in [9.17, 15) is 4.39 Å². The maximum absolute atomic E-state index is 12.8. The highest BCUT2D eigenvalue weighted by Gasteiger charge is 2.26. The van der Waals surface area contributed by atoms with Gasteiger partial charge in [-0.1, -0.05) is 12.1 Å². The van der Waals surface area contributed by atoms with Crippen LogP contribution >= 0.6 is 0 Å². The zero-order chi connectivity index (χ0) is 11.5. The molecule has 1 aromatic rings. The number of hydrogen-bond acceptors (Lipinski definition) is 2. The molecule has 1 fully saturated rings. The maximum atomic E-state index is 12.8. The highest BCUT2D eigenvalue weighted by Crippen LogP contribution is 2.32. The Labute approximate surface area is 95.3 Å². The zero-order valence-corrected chi connectivity index (χ0v) is 9.36. The Kier molecular flexibility index (Phi) is 3.21. The lowest BCUT2D eigenvalue weighted by Crippen LogP contribution is -2.33. The third kappa shape index (κ3) is 2.23.